The molecule has 0 aromatic carbocycles. The minimum Gasteiger partial charge on any atom is -0.472 e. The zero-order chi connectivity index (χ0) is 21.7. The molecular formula is C23H32N4O3. The Labute approximate surface area is 178 Å². The number of rotatable bonds is 7. The van der Waals surface area contributed by atoms with E-state index >= 15 is 0 Å². The Morgan fingerprint density at radius 3 is 2.83 bits per heavy atom. The Balaban J connectivity index is 2.01. The Morgan fingerprint density at radius 1 is 1.37 bits per heavy atom. The lowest BCUT2D eigenvalue weighted by molar-refractivity contribution is 0.0331. The van der Waals surface area contributed by atoms with Crippen LogP contribution in [0.15, 0.2) is 36.8 Å². The van der Waals surface area contributed by atoms with Crippen molar-refractivity contribution >= 4 is 5.91 Å². The molecule has 30 heavy (non-hydrogen) atoms. The topological polar surface area (TPSA) is 78.8 Å². The molecule has 2 aromatic heterocycles. The smallest absolute Gasteiger partial charge is 0.259 e. The summed E-state index contributed by atoms with van der Waals surface area (Å²) in [4.78, 5) is 26.1. The summed E-state index contributed by atoms with van der Waals surface area (Å²) in [5.74, 6) is 0.274. The third kappa shape index (κ3) is 4.96. The first-order valence-corrected chi connectivity index (χ1v) is 10.6. The maximum atomic E-state index is 13.4. The highest BCUT2D eigenvalue weighted by Gasteiger charge is 2.34. The van der Waals surface area contributed by atoms with Gasteiger partial charge in [-0.05, 0) is 39.1 Å². The molecule has 3 atom stereocenters. The van der Waals surface area contributed by atoms with E-state index in [1.807, 2.05) is 25.1 Å². The molecule has 162 valence electrons. The van der Waals surface area contributed by atoms with Crippen LogP contribution in [0, 0.1) is 5.92 Å². The number of fused-ring (bicyclic) bond motifs is 1. The third-order valence-electron chi connectivity index (χ3n) is 5.61. The second-order valence-electron chi connectivity index (χ2n) is 8.20. The van der Waals surface area contributed by atoms with Crippen LogP contribution in [0.3, 0.4) is 0 Å². The van der Waals surface area contributed by atoms with Crippen molar-refractivity contribution in [3.8, 4) is 17.0 Å². The van der Waals surface area contributed by atoms with Crippen molar-refractivity contribution in [2.75, 3.05) is 33.3 Å². The lowest BCUT2D eigenvalue weighted by Gasteiger charge is -2.37. The number of ether oxygens (including phenoxy) is 1. The van der Waals surface area contributed by atoms with Gasteiger partial charge in [0.1, 0.15) is 11.7 Å². The van der Waals surface area contributed by atoms with E-state index in [0.29, 0.717) is 18.0 Å². The molecule has 1 aliphatic rings. The normalized spacial score (nSPS) is 20.3. The molecule has 0 saturated heterocycles. The fourth-order valence-corrected chi connectivity index (χ4v) is 3.79. The number of nitrogens with zero attached hydrogens (tertiary/aromatic N) is 4. The highest BCUT2D eigenvalue weighted by molar-refractivity contribution is 5.98. The average molecular weight is 413 g/mol. The quantitative estimate of drug-likeness (QED) is 0.753. The van der Waals surface area contributed by atoms with Crippen LogP contribution in [0.1, 0.15) is 37.6 Å². The van der Waals surface area contributed by atoms with Crippen molar-refractivity contribution in [1.29, 1.82) is 0 Å². The molecule has 7 heteroatoms. The molecule has 0 fully saturated rings. The van der Waals surface area contributed by atoms with Crippen LogP contribution in [-0.2, 0) is 0 Å². The van der Waals surface area contributed by atoms with Crippen LogP contribution in [0.2, 0.25) is 0 Å². The molecular weight excluding hydrogens is 380 g/mol. The van der Waals surface area contributed by atoms with Crippen molar-refractivity contribution in [2.45, 2.75) is 39.3 Å². The predicted molar refractivity (Wildman–Crippen MR) is 116 cm³/mol. The molecule has 7 nitrogen and oxygen atoms in total. The number of carbonyl (C=O) groups is 1. The Bertz CT molecular complexity index is 846. The summed E-state index contributed by atoms with van der Waals surface area (Å²) in [7, 11) is 2.08. The predicted octanol–water partition coefficient (Wildman–Crippen LogP) is 2.71. The van der Waals surface area contributed by atoms with E-state index in [9.17, 15) is 9.90 Å². The van der Waals surface area contributed by atoms with Crippen LogP contribution in [0.25, 0.3) is 11.1 Å². The molecule has 1 amide bonds. The molecule has 0 saturated carbocycles. The summed E-state index contributed by atoms with van der Waals surface area (Å²) in [5, 5.41) is 9.76. The number of carbonyl (C=O) groups excluding carboxylic acids is 1. The summed E-state index contributed by atoms with van der Waals surface area (Å²) in [6.07, 6.45) is 6.13. The highest BCUT2D eigenvalue weighted by atomic mass is 16.5. The number of pyridine rings is 2. The highest BCUT2D eigenvalue weighted by Crippen LogP contribution is 2.30. The third-order valence-corrected chi connectivity index (χ3v) is 5.61. The molecule has 0 radical (unpaired) electrons. The fraction of sp³-hybridized carbons (Fsp3) is 0.522. The van der Waals surface area contributed by atoms with Gasteiger partial charge in [0.2, 0.25) is 5.88 Å². The van der Waals surface area contributed by atoms with Gasteiger partial charge in [0.25, 0.3) is 5.91 Å². The SMILES string of the molecule is CCCN(C)C[C@@H]1Oc2ncc(-c3cccnc3)cc2C(=O)N([C@@H](C)CO)C[C@@H]1C. The molecule has 1 N–H and O–H groups in total. The Hall–Kier alpha value is -2.51. The second kappa shape index (κ2) is 10.00. The second-order valence-corrected chi connectivity index (χ2v) is 8.20. The average Bonchev–Trinajstić information content (AvgIpc) is 2.76. The van der Waals surface area contributed by atoms with Crippen LogP contribution in [-0.4, -0.2) is 76.2 Å². The van der Waals surface area contributed by atoms with Gasteiger partial charge >= 0.3 is 0 Å². The maximum absolute atomic E-state index is 13.4. The van der Waals surface area contributed by atoms with Crippen molar-refractivity contribution in [1.82, 2.24) is 19.8 Å². The van der Waals surface area contributed by atoms with Crippen molar-refractivity contribution in [2.24, 2.45) is 5.92 Å². The van der Waals surface area contributed by atoms with E-state index in [2.05, 4.69) is 35.8 Å². The molecule has 1 aliphatic heterocycles. The number of aromatic nitrogens is 2. The largest absolute Gasteiger partial charge is 0.472 e. The van der Waals surface area contributed by atoms with Gasteiger partial charge in [0.15, 0.2) is 0 Å². The summed E-state index contributed by atoms with van der Waals surface area (Å²) >= 11 is 0. The molecule has 0 aliphatic carbocycles. The van der Waals surface area contributed by atoms with Gasteiger partial charge in [0.05, 0.1) is 12.6 Å². The molecule has 0 unspecified atom stereocenters. The van der Waals surface area contributed by atoms with E-state index in [4.69, 9.17) is 4.74 Å². The van der Waals surface area contributed by atoms with Crippen LogP contribution in [0.5, 0.6) is 5.88 Å². The Morgan fingerprint density at radius 2 is 2.17 bits per heavy atom. The van der Waals surface area contributed by atoms with Crippen LogP contribution < -0.4 is 4.74 Å². The Kier molecular flexibility index (Phi) is 7.39. The lowest BCUT2D eigenvalue weighted by Crippen LogP contribution is -2.50. The first-order valence-electron chi connectivity index (χ1n) is 10.6. The summed E-state index contributed by atoms with van der Waals surface area (Å²) in [6, 6.07) is 5.32. The van der Waals surface area contributed by atoms with Gasteiger partial charge in [-0.1, -0.05) is 19.9 Å². The summed E-state index contributed by atoms with van der Waals surface area (Å²) < 4.78 is 6.31. The van der Waals surface area contributed by atoms with E-state index in [-0.39, 0.29) is 30.6 Å². The van der Waals surface area contributed by atoms with Gasteiger partial charge < -0.3 is 19.6 Å². The van der Waals surface area contributed by atoms with Crippen molar-refractivity contribution in [3.63, 3.8) is 0 Å². The van der Waals surface area contributed by atoms with Crippen molar-refractivity contribution < 1.29 is 14.6 Å². The van der Waals surface area contributed by atoms with Gasteiger partial charge in [0, 0.05) is 48.7 Å². The summed E-state index contributed by atoms with van der Waals surface area (Å²) in [6.45, 7) is 8.25. The van der Waals surface area contributed by atoms with E-state index < -0.39 is 0 Å². The molecule has 0 spiro atoms. The zero-order valence-corrected chi connectivity index (χ0v) is 18.3. The minimum atomic E-state index is -0.290. The molecule has 0 bridgehead atoms. The van der Waals surface area contributed by atoms with Crippen LogP contribution in [0.4, 0.5) is 0 Å². The molecule has 2 aromatic rings. The number of amides is 1. The number of aliphatic hydroxyl groups excluding tert-OH is 1. The van der Waals surface area contributed by atoms with E-state index in [1.165, 1.54) is 0 Å². The standard InChI is InChI=1S/C23H32N4O3/c1-5-9-26(4)14-21-16(2)13-27(17(3)15-28)23(29)20-10-19(12-25-22(20)30-21)18-7-6-8-24-11-18/h6-8,10-12,16-17,21,28H,5,9,13-15H2,1-4H3/t16-,17-,21-/m0/s1. The van der Waals surface area contributed by atoms with Crippen LogP contribution >= 0.6 is 0 Å². The van der Waals surface area contributed by atoms with Crippen molar-refractivity contribution in [3.05, 3.63) is 42.4 Å². The monoisotopic (exact) mass is 412 g/mol. The fourth-order valence-electron chi connectivity index (χ4n) is 3.79. The van der Waals surface area contributed by atoms with E-state index in [1.54, 1.807) is 23.5 Å². The van der Waals surface area contributed by atoms with Gasteiger partial charge in [-0.3, -0.25) is 9.78 Å². The van der Waals surface area contributed by atoms with E-state index in [0.717, 1.165) is 30.6 Å². The van der Waals surface area contributed by atoms with Gasteiger partial charge in [-0.15, -0.1) is 0 Å². The number of aliphatic hydroxyl groups is 1. The molecule has 3 rings (SSSR count). The first kappa shape index (κ1) is 22.2. The van der Waals surface area contributed by atoms with Gasteiger partial charge in [-0.2, -0.15) is 0 Å². The zero-order valence-electron chi connectivity index (χ0n) is 18.3. The lowest BCUT2D eigenvalue weighted by atomic mass is 9.99. The number of hydrogen-bond donors (Lipinski definition) is 1. The first-order chi connectivity index (χ1) is 14.4. The number of likely N-dealkylation sites (N-methyl/N-ethyl adjacent to an activating group) is 1. The maximum Gasteiger partial charge on any atom is 0.259 e. The minimum absolute atomic E-state index is 0.0925. The van der Waals surface area contributed by atoms with Gasteiger partial charge in [-0.25, -0.2) is 4.98 Å². The summed E-state index contributed by atoms with van der Waals surface area (Å²) in [5.41, 5.74) is 2.12. The number of hydrogen-bond acceptors (Lipinski definition) is 6. The molecule has 3 heterocycles.